The van der Waals surface area contributed by atoms with Gasteiger partial charge in [-0.3, -0.25) is 9.58 Å². The molecule has 20 heavy (non-hydrogen) atoms. The van der Waals surface area contributed by atoms with Gasteiger partial charge in [0.05, 0.1) is 11.7 Å². The zero-order chi connectivity index (χ0) is 14.1. The fourth-order valence-corrected chi connectivity index (χ4v) is 2.53. The molecule has 0 saturated carbocycles. The van der Waals surface area contributed by atoms with Crippen LogP contribution in [0.3, 0.4) is 0 Å². The second kappa shape index (κ2) is 5.34. The Morgan fingerprint density at radius 1 is 1.45 bits per heavy atom. The van der Waals surface area contributed by atoms with E-state index in [0.29, 0.717) is 12.4 Å². The van der Waals surface area contributed by atoms with Crippen LogP contribution in [0.15, 0.2) is 10.6 Å². The molecule has 1 saturated heterocycles. The first-order valence-electron chi connectivity index (χ1n) is 6.88. The molecule has 7 nitrogen and oxygen atoms in total. The van der Waals surface area contributed by atoms with Crippen molar-refractivity contribution in [3.8, 4) is 0 Å². The van der Waals surface area contributed by atoms with E-state index in [1.54, 1.807) is 0 Å². The number of nitrogens with zero attached hydrogens (tertiary/aromatic N) is 5. The summed E-state index contributed by atoms with van der Waals surface area (Å²) >= 11 is 0. The molecule has 3 heterocycles. The summed E-state index contributed by atoms with van der Waals surface area (Å²) in [6, 6.07) is 2.22. The van der Waals surface area contributed by atoms with Gasteiger partial charge in [-0.25, -0.2) is 0 Å². The molecule has 1 atom stereocenters. The monoisotopic (exact) mass is 276 g/mol. The number of likely N-dealkylation sites (N-methyl/N-ethyl adjacent to an activating group) is 1. The van der Waals surface area contributed by atoms with E-state index in [9.17, 15) is 0 Å². The van der Waals surface area contributed by atoms with Gasteiger partial charge >= 0.3 is 0 Å². The van der Waals surface area contributed by atoms with Gasteiger partial charge in [0, 0.05) is 25.3 Å². The third-order valence-electron chi connectivity index (χ3n) is 3.68. The summed E-state index contributed by atoms with van der Waals surface area (Å²) in [5.41, 5.74) is 2.09. The first kappa shape index (κ1) is 13.3. The van der Waals surface area contributed by atoms with Crippen molar-refractivity contribution < 1.29 is 4.52 Å². The molecule has 2 aromatic rings. The minimum Gasteiger partial charge on any atom is -0.337 e. The van der Waals surface area contributed by atoms with Gasteiger partial charge in [-0.2, -0.15) is 10.1 Å². The molecule has 0 spiro atoms. The molecule has 1 aliphatic rings. The van der Waals surface area contributed by atoms with Crippen LogP contribution in [0.1, 0.15) is 29.1 Å². The van der Waals surface area contributed by atoms with Crippen molar-refractivity contribution in [3.63, 3.8) is 0 Å². The predicted molar refractivity (Wildman–Crippen MR) is 73.3 cm³/mol. The van der Waals surface area contributed by atoms with Crippen LogP contribution in [0, 0.1) is 13.8 Å². The zero-order valence-electron chi connectivity index (χ0n) is 12.1. The third kappa shape index (κ3) is 2.59. The molecule has 1 N–H and O–H groups in total. The van der Waals surface area contributed by atoms with Gasteiger partial charge in [0.1, 0.15) is 6.54 Å². The topological polar surface area (TPSA) is 72.0 Å². The van der Waals surface area contributed by atoms with E-state index < -0.39 is 0 Å². The maximum atomic E-state index is 5.36. The first-order chi connectivity index (χ1) is 9.63. The van der Waals surface area contributed by atoms with E-state index in [1.165, 1.54) is 0 Å². The molecule has 3 rings (SSSR count). The summed E-state index contributed by atoms with van der Waals surface area (Å²) in [5, 5.41) is 11.9. The van der Waals surface area contributed by atoms with Gasteiger partial charge in [0.2, 0.25) is 5.89 Å². The van der Waals surface area contributed by atoms with Crippen LogP contribution in [0.4, 0.5) is 0 Å². The van der Waals surface area contributed by atoms with Crippen LogP contribution in [0.5, 0.6) is 0 Å². The van der Waals surface area contributed by atoms with Crippen LogP contribution in [0.25, 0.3) is 0 Å². The standard InChI is InChI=1S/C13H20N6O/c1-9-6-10(2)19(16-9)8-12-15-13(17-20-12)11-7-14-4-5-18(11)3/h6,11,14H,4-5,7-8H2,1-3H3. The summed E-state index contributed by atoms with van der Waals surface area (Å²) in [4.78, 5) is 6.75. The van der Waals surface area contributed by atoms with Crippen molar-refractivity contribution in [3.05, 3.63) is 29.2 Å². The maximum Gasteiger partial charge on any atom is 0.248 e. The lowest BCUT2D eigenvalue weighted by molar-refractivity contribution is 0.190. The fourth-order valence-electron chi connectivity index (χ4n) is 2.53. The molecule has 0 radical (unpaired) electrons. The number of nitrogens with one attached hydrogen (secondary N) is 1. The summed E-state index contributed by atoms with van der Waals surface area (Å²) in [6.45, 7) is 7.38. The maximum absolute atomic E-state index is 5.36. The molecule has 7 heteroatoms. The van der Waals surface area contributed by atoms with Crippen molar-refractivity contribution >= 4 is 0 Å². The van der Waals surface area contributed by atoms with Crippen molar-refractivity contribution in [1.82, 2.24) is 30.1 Å². The van der Waals surface area contributed by atoms with Gasteiger partial charge in [0.25, 0.3) is 0 Å². The lowest BCUT2D eigenvalue weighted by Crippen LogP contribution is -2.44. The molecule has 0 bridgehead atoms. The fraction of sp³-hybridized carbons (Fsp3) is 0.615. The van der Waals surface area contributed by atoms with Crippen molar-refractivity contribution in [2.45, 2.75) is 26.4 Å². The normalized spacial score (nSPS) is 20.4. The van der Waals surface area contributed by atoms with Crippen molar-refractivity contribution in [2.75, 3.05) is 26.7 Å². The molecule has 1 fully saturated rings. The predicted octanol–water partition coefficient (Wildman–Crippen LogP) is 0.507. The Balaban J connectivity index is 1.75. The highest BCUT2D eigenvalue weighted by Gasteiger charge is 2.25. The van der Waals surface area contributed by atoms with Gasteiger partial charge in [0.15, 0.2) is 5.82 Å². The third-order valence-corrected chi connectivity index (χ3v) is 3.68. The molecule has 1 unspecified atom stereocenters. The number of aromatic nitrogens is 4. The number of piperazine rings is 1. The second-order valence-corrected chi connectivity index (χ2v) is 5.33. The van der Waals surface area contributed by atoms with E-state index >= 15 is 0 Å². The Morgan fingerprint density at radius 3 is 3.00 bits per heavy atom. The lowest BCUT2D eigenvalue weighted by atomic mass is 10.2. The Labute approximate surface area is 118 Å². The second-order valence-electron chi connectivity index (χ2n) is 5.33. The number of rotatable bonds is 3. The van der Waals surface area contributed by atoms with Crippen LogP contribution < -0.4 is 5.32 Å². The van der Waals surface area contributed by atoms with Gasteiger partial charge < -0.3 is 9.84 Å². The lowest BCUT2D eigenvalue weighted by Gasteiger charge is -2.30. The highest BCUT2D eigenvalue weighted by molar-refractivity contribution is 5.07. The molecule has 0 aliphatic carbocycles. The summed E-state index contributed by atoms with van der Waals surface area (Å²) in [5.74, 6) is 1.35. The average molecular weight is 276 g/mol. The summed E-state index contributed by atoms with van der Waals surface area (Å²) in [6.07, 6.45) is 0. The zero-order valence-corrected chi connectivity index (χ0v) is 12.1. The SMILES string of the molecule is Cc1cc(C)n(Cc2nc(C3CNCCN3C)no2)n1. The summed E-state index contributed by atoms with van der Waals surface area (Å²) in [7, 11) is 2.09. The quantitative estimate of drug-likeness (QED) is 0.880. The van der Waals surface area contributed by atoms with E-state index in [4.69, 9.17) is 4.52 Å². The largest absolute Gasteiger partial charge is 0.337 e. The van der Waals surface area contributed by atoms with Crippen molar-refractivity contribution in [1.29, 1.82) is 0 Å². The molecular formula is C13H20N6O. The van der Waals surface area contributed by atoms with E-state index in [1.807, 2.05) is 24.6 Å². The molecule has 0 aromatic carbocycles. The number of hydrogen-bond donors (Lipinski definition) is 1. The number of aryl methyl sites for hydroxylation is 2. The molecular weight excluding hydrogens is 256 g/mol. The highest BCUT2D eigenvalue weighted by Crippen LogP contribution is 2.18. The van der Waals surface area contributed by atoms with E-state index in [-0.39, 0.29) is 6.04 Å². The van der Waals surface area contributed by atoms with Crippen LogP contribution in [-0.4, -0.2) is 51.5 Å². The van der Waals surface area contributed by atoms with Crippen LogP contribution >= 0.6 is 0 Å². The summed E-state index contributed by atoms with van der Waals surface area (Å²) < 4.78 is 7.24. The smallest absolute Gasteiger partial charge is 0.248 e. The minimum absolute atomic E-state index is 0.182. The van der Waals surface area contributed by atoms with Gasteiger partial charge in [-0.1, -0.05) is 5.16 Å². The van der Waals surface area contributed by atoms with Gasteiger partial charge in [-0.15, -0.1) is 0 Å². The van der Waals surface area contributed by atoms with E-state index in [2.05, 4.69) is 32.5 Å². The first-order valence-corrected chi connectivity index (χ1v) is 6.88. The molecule has 1 aliphatic heterocycles. The van der Waals surface area contributed by atoms with Crippen molar-refractivity contribution in [2.24, 2.45) is 0 Å². The Morgan fingerprint density at radius 2 is 2.30 bits per heavy atom. The highest BCUT2D eigenvalue weighted by atomic mass is 16.5. The van der Waals surface area contributed by atoms with E-state index in [0.717, 1.165) is 36.8 Å². The van der Waals surface area contributed by atoms with Crippen LogP contribution in [-0.2, 0) is 6.54 Å². The molecule has 2 aromatic heterocycles. The average Bonchev–Trinajstić information content (AvgIpc) is 2.98. The Hall–Kier alpha value is -1.73. The molecule has 0 amide bonds. The van der Waals surface area contributed by atoms with Crippen LogP contribution in [0.2, 0.25) is 0 Å². The Kier molecular flexibility index (Phi) is 3.54. The van der Waals surface area contributed by atoms with Gasteiger partial charge in [-0.05, 0) is 27.0 Å². The number of hydrogen-bond acceptors (Lipinski definition) is 6. The minimum atomic E-state index is 0.182. The Bertz CT molecular complexity index is 589. The molecule has 108 valence electrons.